The van der Waals surface area contributed by atoms with Gasteiger partial charge in [0.05, 0.1) is 47.3 Å². The summed E-state index contributed by atoms with van der Waals surface area (Å²) in [5, 5.41) is 48.3. The Bertz CT molecular complexity index is 1530. The number of aromatic nitrogens is 4. The second-order valence-corrected chi connectivity index (χ2v) is 10.6. The molecule has 8 nitrogen and oxygen atoms in total. The van der Waals surface area contributed by atoms with Gasteiger partial charge in [-0.25, -0.2) is 4.52 Å². The number of aliphatic hydroxyl groups excluding tert-OH is 1. The number of fused-ring (bicyclic) bond motifs is 1. The van der Waals surface area contributed by atoms with E-state index in [2.05, 4.69) is 22.3 Å². The predicted octanol–water partition coefficient (Wildman–Crippen LogP) is 4.55. The van der Waals surface area contributed by atoms with Crippen molar-refractivity contribution in [3.05, 3.63) is 65.2 Å². The molecule has 1 aliphatic rings. The molecule has 1 aliphatic carbocycles. The molecule has 3 heterocycles. The standard InChI is InChI=1S/C27H26N6O2S/c1-17-3-4-24(19(9-17)11-28)36-25-10-20(15-32-26(25)21(12-29)13-30-32)23-14-31-33(18(23)2)22-5-7-27(35,16-34)8-6-22/h3-4,9-10,13-15,22,34-35H,5-8,16H2,1-2H3. The molecule has 0 radical (unpaired) electrons. The molecule has 0 unspecified atom stereocenters. The second-order valence-electron chi connectivity index (χ2n) is 9.47. The van der Waals surface area contributed by atoms with Gasteiger partial charge in [0.2, 0.25) is 0 Å². The summed E-state index contributed by atoms with van der Waals surface area (Å²) < 4.78 is 3.73. The summed E-state index contributed by atoms with van der Waals surface area (Å²) in [7, 11) is 0. The van der Waals surface area contributed by atoms with Gasteiger partial charge in [-0.1, -0.05) is 17.8 Å². The molecule has 0 amide bonds. The largest absolute Gasteiger partial charge is 0.393 e. The number of aryl methyl sites for hydroxylation is 1. The van der Waals surface area contributed by atoms with E-state index in [-0.39, 0.29) is 12.6 Å². The van der Waals surface area contributed by atoms with Crippen LogP contribution in [0.2, 0.25) is 0 Å². The fraction of sp³-hybridized carbons (Fsp3) is 0.333. The Morgan fingerprint density at radius 2 is 1.81 bits per heavy atom. The SMILES string of the molecule is Cc1ccc(Sc2cc(-c3cnn(C4CCC(O)(CO)CC4)c3C)cn3ncc(C#N)c23)c(C#N)c1. The fourth-order valence-corrected chi connectivity index (χ4v) is 6.02. The lowest BCUT2D eigenvalue weighted by Crippen LogP contribution is -2.38. The molecular formula is C27H26N6O2S. The van der Waals surface area contributed by atoms with Crippen LogP contribution in [0.25, 0.3) is 16.6 Å². The molecule has 9 heteroatoms. The molecule has 0 bridgehead atoms. The highest BCUT2D eigenvalue weighted by Gasteiger charge is 2.34. The molecule has 1 aromatic carbocycles. The maximum Gasteiger partial charge on any atom is 0.103 e. The molecule has 0 atom stereocenters. The first-order valence-corrected chi connectivity index (χ1v) is 12.7. The van der Waals surface area contributed by atoms with Gasteiger partial charge in [0.1, 0.15) is 12.1 Å². The van der Waals surface area contributed by atoms with Crippen LogP contribution >= 0.6 is 11.8 Å². The zero-order chi connectivity index (χ0) is 25.4. The van der Waals surface area contributed by atoms with Crippen LogP contribution in [-0.4, -0.2) is 41.8 Å². The van der Waals surface area contributed by atoms with E-state index in [4.69, 9.17) is 0 Å². The van der Waals surface area contributed by atoms with Gasteiger partial charge in [-0.15, -0.1) is 0 Å². The summed E-state index contributed by atoms with van der Waals surface area (Å²) in [4.78, 5) is 1.65. The van der Waals surface area contributed by atoms with Crippen LogP contribution in [0, 0.1) is 36.5 Å². The second kappa shape index (κ2) is 9.44. The summed E-state index contributed by atoms with van der Waals surface area (Å²) in [5.41, 5.74) is 4.66. The minimum absolute atomic E-state index is 0.156. The molecule has 0 spiro atoms. The van der Waals surface area contributed by atoms with Crippen LogP contribution in [0.5, 0.6) is 0 Å². The van der Waals surface area contributed by atoms with E-state index in [0.29, 0.717) is 29.5 Å². The van der Waals surface area contributed by atoms with Crippen LogP contribution in [0.3, 0.4) is 0 Å². The third kappa shape index (κ3) is 4.27. The van der Waals surface area contributed by atoms with Crippen molar-refractivity contribution in [3.63, 3.8) is 0 Å². The number of nitriles is 2. The lowest BCUT2D eigenvalue weighted by atomic mass is 9.83. The number of nitrogens with zero attached hydrogens (tertiary/aromatic N) is 6. The number of pyridine rings is 1. The summed E-state index contributed by atoms with van der Waals surface area (Å²) >= 11 is 1.45. The summed E-state index contributed by atoms with van der Waals surface area (Å²) in [6.07, 6.45) is 7.88. The van der Waals surface area contributed by atoms with E-state index in [9.17, 15) is 20.7 Å². The number of aliphatic hydroxyl groups is 2. The summed E-state index contributed by atoms with van der Waals surface area (Å²) in [6, 6.07) is 12.5. The van der Waals surface area contributed by atoms with Crippen LogP contribution < -0.4 is 0 Å². The van der Waals surface area contributed by atoms with Crippen molar-refractivity contribution in [2.45, 2.75) is 61.0 Å². The van der Waals surface area contributed by atoms with Crippen LogP contribution in [0.15, 0.2) is 52.6 Å². The Morgan fingerprint density at radius 1 is 1.06 bits per heavy atom. The quantitative estimate of drug-likeness (QED) is 0.414. The average molecular weight is 499 g/mol. The van der Waals surface area contributed by atoms with E-state index in [0.717, 1.165) is 45.0 Å². The van der Waals surface area contributed by atoms with Gasteiger partial charge in [-0.2, -0.15) is 20.7 Å². The lowest BCUT2D eigenvalue weighted by Gasteiger charge is -2.35. The van der Waals surface area contributed by atoms with Crippen molar-refractivity contribution < 1.29 is 10.2 Å². The average Bonchev–Trinajstić information content (AvgIpc) is 3.48. The van der Waals surface area contributed by atoms with Crippen LogP contribution in [0.4, 0.5) is 0 Å². The van der Waals surface area contributed by atoms with Gasteiger partial charge < -0.3 is 10.2 Å². The Hall–Kier alpha value is -3.63. The summed E-state index contributed by atoms with van der Waals surface area (Å²) in [5.74, 6) is 0. The van der Waals surface area contributed by atoms with Gasteiger partial charge >= 0.3 is 0 Å². The minimum Gasteiger partial charge on any atom is -0.393 e. The first-order chi connectivity index (χ1) is 17.4. The zero-order valence-corrected chi connectivity index (χ0v) is 21.0. The lowest BCUT2D eigenvalue weighted by molar-refractivity contribution is -0.0512. The topological polar surface area (TPSA) is 123 Å². The van der Waals surface area contributed by atoms with Gasteiger partial charge in [0.15, 0.2) is 0 Å². The molecule has 3 aromatic heterocycles. The maximum absolute atomic E-state index is 10.4. The number of benzene rings is 1. The van der Waals surface area contributed by atoms with Crippen molar-refractivity contribution >= 4 is 17.3 Å². The Kier molecular flexibility index (Phi) is 6.31. The number of hydrogen-bond acceptors (Lipinski definition) is 7. The molecular weight excluding hydrogens is 472 g/mol. The number of rotatable bonds is 5. The molecule has 4 aromatic rings. The number of hydrogen-bond donors (Lipinski definition) is 2. The van der Waals surface area contributed by atoms with Crippen molar-refractivity contribution in [1.29, 1.82) is 10.5 Å². The smallest absolute Gasteiger partial charge is 0.103 e. The normalized spacial score (nSPS) is 19.8. The first kappa shape index (κ1) is 24.1. The fourth-order valence-electron chi connectivity index (χ4n) is 4.95. The third-order valence-corrected chi connectivity index (χ3v) is 8.16. The highest BCUT2D eigenvalue weighted by Crippen LogP contribution is 2.39. The van der Waals surface area contributed by atoms with Crippen molar-refractivity contribution in [2.75, 3.05) is 6.61 Å². The van der Waals surface area contributed by atoms with E-state index >= 15 is 0 Å². The van der Waals surface area contributed by atoms with E-state index in [1.54, 1.807) is 10.7 Å². The van der Waals surface area contributed by atoms with Crippen molar-refractivity contribution in [1.82, 2.24) is 19.4 Å². The Balaban J connectivity index is 1.55. The molecule has 2 N–H and O–H groups in total. The minimum atomic E-state index is -0.992. The van der Waals surface area contributed by atoms with E-state index in [1.807, 2.05) is 55.2 Å². The highest BCUT2D eigenvalue weighted by atomic mass is 32.2. The van der Waals surface area contributed by atoms with E-state index < -0.39 is 5.60 Å². The molecule has 36 heavy (non-hydrogen) atoms. The van der Waals surface area contributed by atoms with E-state index in [1.165, 1.54) is 11.8 Å². The van der Waals surface area contributed by atoms with Crippen LogP contribution in [-0.2, 0) is 0 Å². The predicted molar refractivity (Wildman–Crippen MR) is 135 cm³/mol. The molecule has 1 saturated carbocycles. The molecule has 182 valence electrons. The van der Waals surface area contributed by atoms with Gasteiger partial charge in [0.25, 0.3) is 0 Å². The van der Waals surface area contributed by atoms with Crippen molar-refractivity contribution in [2.24, 2.45) is 0 Å². The summed E-state index contributed by atoms with van der Waals surface area (Å²) in [6.45, 7) is 3.77. The molecule has 0 saturated heterocycles. The van der Waals surface area contributed by atoms with Crippen molar-refractivity contribution in [3.8, 4) is 23.3 Å². The Morgan fingerprint density at radius 3 is 2.50 bits per heavy atom. The highest BCUT2D eigenvalue weighted by molar-refractivity contribution is 7.99. The van der Waals surface area contributed by atoms with Gasteiger partial charge in [-0.05, 0) is 63.3 Å². The molecule has 0 aliphatic heterocycles. The van der Waals surface area contributed by atoms with Gasteiger partial charge in [0, 0.05) is 32.8 Å². The monoisotopic (exact) mass is 498 g/mol. The Labute approximate surface area is 213 Å². The molecule has 5 rings (SSSR count). The van der Waals surface area contributed by atoms with Gasteiger partial charge in [-0.3, -0.25) is 4.68 Å². The zero-order valence-electron chi connectivity index (χ0n) is 20.1. The third-order valence-electron chi connectivity index (χ3n) is 7.05. The molecule has 1 fully saturated rings. The first-order valence-electron chi connectivity index (χ1n) is 11.8. The van der Waals surface area contributed by atoms with Crippen LogP contribution in [0.1, 0.15) is 54.1 Å². The maximum atomic E-state index is 10.4.